The molecule has 0 bridgehead atoms. The second-order valence-electron chi connectivity index (χ2n) is 20.0. The number of carbonyl (C=O) groups is 4. The van der Waals surface area contributed by atoms with Crippen LogP contribution in [0.4, 0.5) is 5.69 Å². The number of pyridine rings is 1. The SMILES string of the molecule is CC1(C)C(NC(=O)c2ccc(NCCCCCOCC(=O)N[C@H](C(=O)N3C[C@H](O)C[C@H]3C(=O)NCc3ccc(-n4ccccc4=O)cc3)C(C)(C)C)cc2)C(C)(C)C1Oc1ccc(C#N)c(Cl)c1. The molecular weight excluding hydrogens is 886 g/mol. The molecule has 2 heterocycles. The molecule has 1 saturated carbocycles. The average Bonchev–Trinajstić information content (AvgIpc) is 3.70. The normalized spacial score (nSPS) is 19.7. The number of carbonyl (C=O) groups excluding carboxylic acids is 4. The molecule has 3 aromatic carbocycles. The lowest BCUT2D eigenvalue weighted by molar-refractivity contribution is -0.164. The van der Waals surface area contributed by atoms with Crippen LogP contribution in [0.2, 0.25) is 5.02 Å². The van der Waals surface area contributed by atoms with Crippen molar-refractivity contribution >= 4 is 40.9 Å². The van der Waals surface area contributed by atoms with Crippen molar-refractivity contribution in [3.05, 3.63) is 123 Å². The first-order valence-corrected chi connectivity index (χ1v) is 23.5. The van der Waals surface area contributed by atoms with Crippen LogP contribution in [0.5, 0.6) is 5.75 Å². The maximum atomic E-state index is 14.0. The van der Waals surface area contributed by atoms with Gasteiger partial charge in [0.05, 0.1) is 16.7 Å². The third kappa shape index (κ3) is 12.3. The Morgan fingerprint density at radius 3 is 2.29 bits per heavy atom. The van der Waals surface area contributed by atoms with Gasteiger partial charge in [-0.1, -0.05) is 78.3 Å². The quantitative estimate of drug-likeness (QED) is 0.0657. The second-order valence-corrected chi connectivity index (χ2v) is 20.4. The van der Waals surface area contributed by atoms with Crippen LogP contribution in [0.1, 0.15) is 95.6 Å². The molecule has 6 rings (SSSR count). The number of unbranched alkanes of at least 4 members (excludes halogenated alkanes) is 2. The van der Waals surface area contributed by atoms with Gasteiger partial charge in [0.2, 0.25) is 17.7 Å². The summed E-state index contributed by atoms with van der Waals surface area (Å²) in [7, 11) is 0. The van der Waals surface area contributed by atoms with Crippen LogP contribution in [0.25, 0.3) is 5.69 Å². The number of β-amino-alcohol motifs (C(OH)–C–C–N with tert-alkyl or cyclic N) is 1. The fraction of sp³-hybridized carbons (Fsp3) is 0.462. The average molecular weight is 951 g/mol. The van der Waals surface area contributed by atoms with Gasteiger partial charge in [-0.2, -0.15) is 5.26 Å². The largest absolute Gasteiger partial charge is 0.489 e. The number of aliphatic hydroxyl groups is 1. The zero-order valence-electron chi connectivity index (χ0n) is 39.9. The Bertz CT molecular complexity index is 2510. The number of hydrogen-bond donors (Lipinski definition) is 5. The summed E-state index contributed by atoms with van der Waals surface area (Å²) in [5.41, 5.74) is 1.66. The number of hydrogen-bond acceptors (Lipinski definition) is 10. The van der Waals surface area contributed by atoms with E-state index in [1.165, 1.54) is 15.5 Å². The highest BCUT2D eigenvalue weighted by Gasteiger charge is 2.64. The Hall–Kier alpha value is -6.21. The number of aromatic nitrogens is 1. The molecule has 5 N–H and O–H groups in total. The van der Waals surface area contributed by atoms with E-state index in [1.54, 1.807) is 60.8 Å². The molecule has 16 heteroatoms. The lowest BCUT2D eigenvalue weighted by atomic mass is 9.49. The summed E-state index contributed by atoms with van der Waals surface area (Å²) in [5, 5.41) is 32.4. The van der Waals surface area contributed by atoms with E-state index < -0.39 is 41.3 Å². The Kier molecular flexibility index (Phi) is 16.4. The molecule has 0 radical (unpaired) electrons. The van der Waals surface area contributed by atoms with E-state index in [-0.39, 0.29) is 60.6 Å². The van der Waals surface area contributed by atoms with Crippen LogP contribution >= 0.6 is 11.6 Å². The maximum absolute atomic E-state index is 14.0. The molecule has 15 nitrogen and oxygen atoms in total. The van der Waals surface area contributed by atoms with Gasteiger partial charge in [-0.05, 0) is 84.8 Å². The smallest absolute Gasteiger partial charge is 0.255 e. The lowest BCUT2D eigenvalue weighted by Crippen LogP contribution is -2.74. The molecule has 362 valence electrons. The molecular formula is C52H64ClN7O8. The zero-order valence-corrected chi connectivity index (χ0v) is 40.7. The zero-order chi connectivity index (χ0) is 49.4. The number of nitrogens with one attached hydrogen (secondary N) is 4. The van der Waals surface area contributed by atoms with Gasteiger partial charge < -0.3 is 40.7 Å². The van der Waals surface area contributed by atoms with Gasteiger partial charge >= 0.3 is 0 Å². The molecule has 1 aliphatic carbocycles. The van der Waals surface area contributed by atoms with Crippen LogP contribution in [0.15, 0.2) is 95.9 Å². The molecule has 4 amide bonds. The minimum atomic E-state index is -0.972. The number of benzene rings is 3. The van der Waals surface area contributed by atoms with Crippen molar-refractivity contribution in [3.8, 4) is 17.5 Å². The summed E-state index contributed by atoms with van der Waals surface area (Å²) >= 11 is 6.24. The second kappa shape index (κ2) is 21.8. The van der Waals surface area contributed by atoms with Crippen LogP contribution in [0, 0.1) is 27.6 Å². The predicted octanol–water partition coefficient (Wildman–Crippen LogP) is 6.38. The van der Waals surface area contributed by atoms with E-state index in [4.69, 9.17) is 21.1 Å². The Labute approximate surface area is 403 Å². The molecule has 1 aromatic heterocycles. The fourth-order valence-corrected chi connectivity index (χ4v) is 9.71. The van der Waals surface area contributed by atoms with Crippen molar-refractivity contribution in [1.29, 1.82) is 5.26 Å². The first-order valence-electron chi connectivity index (χ1n) is 23.1. The van der Waals surface area contributed by atoms with Crippen LogP contribution in [0.3, 0.4) is 0 Å². The summed E-state index contributed by atoms with van der Waals surface area (Å²) in [6.07, 6.45) is 3.05. The molecule has 2 fully saturated rings. The molecule has 2 aliphatic rings. The number of nitrogens with zero attached hydrogens (tertiary/aromatic N) is 3. The molecule has 0 unspecified atom stereocenters. The van der Waals surface area contributed by atoms with Crippen LogP contribution in [-0.4, -0.2) is 94.8 Å². The monoisotopic (exact) mass is 949 g/mol. The summed E-state index contributed by atoms with van der Waals surface area (Å²) in [4.78, 5) is 67.4. The van der Waals surface area contributed by atoms with Gasteiger partial charge in [-0.25, -0.2) is 0 Å². The van der Waals surface area contributed by atoms with Gasteiger partial charge in [0.25, 0.3) is 11.5 Å². The highest BCUT2D eigenvalue weighted by molar-refractivity contribution is 6.31. The maximum Gasteiger partial charge on any atom is 0.255 e. The molecule has 1 aliphatic heterocycles. The number of amides is 4. The topological polar surface area (TPSA) is 204 Å². The highest BCUT2D eigenvalue weighted by atomic mass is 35.5. The van der Waals surface area contributed by atoms with E-state index in [1.807, 2.05) is 45.0 Å². The van der Waals surface area contributed by atoms with Gasteiger partial charge in [0.15, 0.2) is 0 Å². The van der Waals surface area contributed by atoms with Gasteiger partial charge in [-0.15, -0.1) is 0 Å². The number of halogens is 1. The van der Waals surface area contributed by atoms with Crippen molar-refractivity contribution in [2.24, 2.45) is 16.2 Å². The van der Waals surface area contributed by atoms with E-state index in [0.717, 1.165) is 30.5 Å². The third-order valence-electron chi connectivity index (χ3n) is 12.9. The van der Waals surface area contributed by atoms with Gasteiger partial charge in [-0.3, -0.25) is 28.5 Å². The molecule has 1 saturated heterocycles. The molecule has 68 heavy (non-hydrogen) atoms. The van der Waals surface area contributed by atoms with Gasteiger partial charge in [0.1, 0.15) is 36.6 Å². The molecule has 0 spiro atoms. The number of nitriles is 1. The summed E-state index contributed by atoms with van der Waals surface area (Å²) in [6.45, 7) is 14.7. The summed E-state index contributed by atoms with van der Waals surface area (Å²) in [6, 6.07) is 24.5. The van der Waals surface area contributed by atoms with Crippen molar-refractivity contribution in [2.45, 2.75) is 111 Å². The lowest BCUT2D eigenvalue weighted by Gasteiger charge is -2.63. The Balaban J connectivity index is 0.881. The van der Waals surface area contributed by atoms with Crippen molar-refractivity contribution in [2.75, 3.05) is 31.6 Å². The Morgan fingerprint density at radius 2 is 1.65 bits per heavy atom. The minimum Gasteiger partial charge on any atom is -0.489 e. The number of anilines is 1. The number of ether oxygens (including phenoxy) is 2. The standard InChI is InChI=1S/C52H64ClN7O8/c1-50(2,3)44(47(66)60-31-38(61)27-41(60)46(65)56-30-33-14-21-37(22-15-33)59-25-11-9-13-43(59)63)57-42(62)32-67-26-12-8-10-24-55-36-19-16-34(17-20-36)45(64)58-48-51(4,5)49(52(48,6)7)68-39-23-18-35(29-54)40(53)28-39/h9,11,13-23,25,28,38,41,44,48-49,55,61H,8,10,12,24,26-27,30-32H2,1-7H3,(H,56,65)(H,57,62)(H,58,64)/t38-,41+,44-,48?,49?/m1/s1. The molecule has 3 atom stereocenters. The summed E-state index contributed by atoms with van der Waals surface area (Å²) < 4.78 is 13.5. The first-order chi connectivity index (χ1) is 32.2. The predicted molar refractivity (Wildman–Crippen MR) is 260 cm³/mol. The first kappa shape index (κ1) is 51.2. The number of likely N-dealkylation sites (tertiary alicyclic amines) is 1. The number of aliphatic hydroxyl groups excluding tert-OH is 1. The fourth-order valence-electron chi connectivity index (χ4n) is 9.50. The van der Waals surface area contributed by atoms with E-state index in [2.05, 4.69) is 55.0 Å². The van der Waals surface area contributed by atoms with E-state index in [9.17, 15) is 34.3 Å². The number of rotatable bonds is 19. The van der Waals surface area contributed by atoms with E-state index >= 15 is 0 Å². The van der Waals surface area contributed by atoms with Crippen molar-refractivity contribution in [3.63, 3.8) is 0 Å². The highest BCUT2D eigenvalue weighted by Crippen LogP contribution is 2.55. The molecule has 4 aromatic rings. The van der Waals surface area contributed by atoms with Crippen LogP contribution in [-0.2, 0) is 25.7 Å². The van der Waals surface area contributed by atoms with Gasteiger partial charge in [0, 0.05) is 84.8 Å². The summed E-state index contributed by atoms with van der Waals surface area (Å²) in [5.74, 6) is -0.922. The van der Waals surface area contributed by atoms with Crippen LogP contribution < -0.4 is 31.6 Å². The Morgan fingerprint density at radius 1 is 0.941 bits per heavy atom. The minimum absolute atomic E-state index is 0.0380. The van der Waals surface area contributed by atoms with E-state index in [0.29, 0.717) is 40.7 Å². The van der Waals surface area contributed by atoms with Crippen molar-refractivity contribution < 1.29 is 33.8 Å². The van der Waals surface area contributed by atoms with Crippen molar-refractivity contribution in [1.82, 2.24) is 25.4 Å². The third-order valence-corrected chi connectivity index (χ3v) is 13.2.